The molecule has 0 heterocycles. The number of hydrogen-bond donors (Lipinski definition) is 1. The summed E-state index contributed by atoms with van der Waals surface area (Å²) in [4.78, 5) is 1.13. The van der Waals surface area contributed by atoms with E-state index < -0.39 is 5.54 Å². The molecule has 0 amide bonds. The molecule has 0 aliphatic carbocycles. The van der Waals surface area contributed by atoms with Crippen molar-refractivity contribution < 1.29 is 4.74 Å². The van der Waals surface area contributed by atoms with Gasteiger partial charge in [0.2, 0.25) is 0 Å². The zero-order valence-electron chi connectivity index (χ0n) is 10.3. The van der Waals surface area contributed by atoms with Crippen molar-refractivity contribution >= 4 is 11.8 Å². The Hall–Kier alpha value is -1.18. The molecule has 0 saturated carbocycles. The minimum Gasteiger partial charge on any atom is -0.496 e. The van der Waals surface area contributed by atoms with Gasteiger partial charge in [0.05, 0.1) is 13.2 Å². The van der Waals surface area contributed by atoms with Crippen LogP contribution in [0.5, 0.6) is 5.75 Å². The molecule has 0 aliphatic heterocycles. The van der Waals surface area contributed by atoms with E-state index in [-0.39, 0.29) is 0 Å². The van der Waals surface area contributed by atoms with E-state index in [1.54, 1.807) is 25.8 Å². The molecule has 17 heavy (non-hydrogen) atoms. The van der Waals surface area contributed by atoms with Crippen LogP contribution in [0.15, 0.2) is 29.2 Å². The summed E-state index contributed by atoms with van der Waals surface area (Å²) in [6.45, 7) is 1.76. The second-order valence-electron chi connectivity index (χ2n) is 4.13. The lowest BCUT2D eigenvalue weighted by molar-refractivity contribution is 0.405. The number of benzene rings is 1. The summed E-state index contributed by atoms with van der Waals surface area (Å²) >= 11 is 1.73. The highest BCUT2D eigenvalue weighted by Gasteiger charge is 2.16. The maximum atomic E-state index is 8.79. The Morgan fingerprint density at radius 3 is 2.82 bits per heavy atom. The van der Waals surface area contributed by atoms with Crippen molar-refractivity contribution in [3.63, 3.8) is 0 Å². The number of nitrogens with zero attached hydrogens (tertiary/aromatic N) is 1. The zero-order chi connectivity index (χ0) is 12.7. The largest absolute Gasteiger partial charge is 0.496 e. The number of rotatable bonds is 6. The van der Waals surface area contributed by atoms with Crippen LogP contribution >= 0.6 is 11.8 Å². The van der Waals surface area contributed by atoms with Crippen molar-refractivity contribution in [1.82, 2.24) is 0 Å². The van der Waals surface area contributed by atoms with Crippen molar-refractivity contribution in [2.24, 2.45) is 5.73 Å². The predicted molar refractivity (Wildman–Crippen MR) is 71.2 cm³/mol. The Balaban J connectivity index is 2.39. The van der Waals surface area contributed by atoms with Crippen LogP contribution in [0.3, 0.4) is 0 Å². The minimum absolute atomic E-state index is 0.707. The smallest absolute Gasteiger partial charge is 0.132 e. The molecule has 0 spiro atoms. The van der Waals surface area contributed by atoms with Gasteiger partial charge in [-0.2, -0.15) is 5.26 Å². The van der Waals surface area contributed by atoms with Gasteiger partial charge in [-0.25, -0.2) is 0 Å². The molecule has 0 bridgehead atoms. The van der Waals surface area contributed by atoms with Gasteiger partial charge in [-0.05, 0) is 37.7 Å². The Morgan fingerprint density at radius 1 is 1.47 bits per heavy atom. The van der Waals surface area contributed by atoms with Crippen molar-refractivity contribution in [3.8, 4) is 11.8 Å². The Labute approximate surface area is 107 Å². The first-order valence-electron chi connectivity index (χ1n) is 5.55. The van der Waals surface area contributed by atoms with Gasteiger partial charge >= 0.3 is 0 Å². The lowest BCUT2D eigenvalue weighted by atomic mass is 10.0. The third-order valence-electron chi connectivity index (χ3n) is 2.42. The summed E-state index contributed by atoms with van der Waals surface area (Å²) in [5.74, 6) is 1.84. The highest BCUT2D eigenvalue weighted by molar-refractivity contribution is 7.99. The molecule has 2 N–H and O–H groups in total. The molecule has 1 atom stereocenters. The highest BCUT2D eigenvalue weighted by atomic mass is 32.2. The third-order valence-corrected chi connectivity index (χ3v) is 3.56. The van der Waals surface area contributed by atoms with Crippen molar-refractivity contribution in [1.29, 1.82) is 5.26 Å². The number of hydrogen-bond acceptors (Lipinski definition) is 4. The number of thioether (sulfide) groups is 1. The van der Waals surface area contributed by atoms with Crippen LogP contribution in [-0.4, -0.2) is 18.4 Å². The second-order valence-corrected chi connectivity index (χ2v) is 5.27. The molecule has 4 heteroatoms. The molecular formula is C13H18N2OS. The summed E-state index contributed by atoms with van der Waals surface area (Å²) in [6, 6.07) is 10.0. The molecule has 0 fully saturated rings. The molecule has 0 aliphatic rings. The summed E-state index contributed by atoms with van der Waals surface area (Å²) in [6.07, 6.45) is 1.63. The van der Waals surface area contributed by atoms with Gasteiger partial charge in [0.15, 0.2) is 0 Å². The fourth-order valence-electron chi connectivity index (χ4n) is 1.42. The molecule has 1 aromatic rings. The molecule has 1 rings (SSSR count). The predicted octanol–water partition coefficient (Wildman–Crippen LogP) is 2.81. The monoisotopic (exact) mass is 250 g/mol. The number of ether oxygens (including phenoxy) is 1. The van der Waals surface area contributed by atoms with Crippen LogP contribution in [0.1, 0.15) is 19.8 Å². The molecule has 0 radical (unpaired) electrons. The van der Waals surface area contributed by atoms with Gasteiger partial charge in [0.1, 0.15) is 11.3 Å². The fourth-order valence-corrected chi connectivity index (χ4v) is 2.39. The third kappa shape index (κ3) is 4.68. The number of methoxy groups -OCH3 is 1. The summed E-state index contributed by atoms with van der Waals surface area (Å²) in [5.41, 5.74) is 5.05. The van der Waals surface area contributed by atoms with Gasteiger partial charge in [-0.3, -0.25) is 0 Å². The van der Waals surface area contributed by atoms with E-state index in [2.05, 4.69) is 6.07 Å². The zero-order valence-corrected chi connectivity index (χ0v) is 11.1. The van der Waals surface area contributed by atoms with E-state index >= 15 is 0 Å². The van der Waals surface area contributed by atoms with Crippen molar-refractivity contribution in [2.45, 2.75) is 30.2 Å². The Kier molecular flexibility index (Phi) is 5.33. The highest BCUT2D eigenvalue weighted by Crippen LogP contribution is 2.29. The average molecular weight is 250 g/mol. The number of nitriles is 1. The molecular weight excluding hydrogens is 232 g/mol. The Bertz CT molecular complexity index is 399. The van der Waals surface area contributed by atoms with Gasteiger partial charge in [0.25, 0.3) is 0 Å². The summed E-state index contributed by atoms with van der Waals surface area (Å²) in [7, 11) is 1.67. The lowest BCUT2D eigenvalue weighted by Gasteiger charge is -2.14. The molecule has 3 nitrogen and oxygen atoms in total. The number of nitrogens with two attached hydrogens (primary N) is 1. The molecule has 1 aromatic carbocycles. The van der Waals surface area contributed by atoms with Crippen LogP contribution in [0, 0.1) is 11.3 Å². The van der Waals surface area contributed by atoms with Gasteiger partial charge < -0.3 is 10.5 Å². The maximum Gasteiger partial charge on any atom is 0.132 e. The maximum absolute atomic E-state index is 8.79. The lowest BCUT2D eigenvalue weighted by Crippen LogP contribution is -2.33. The standard InChI is InChI=1S/C13H18N2OS/c1-13(15,10-14)8-5-9-17-12-7-4-3-6-11(12)16-2/h3-4,6-7H,5,8-9,15H2,1-2H3. The first-order chi connectivity index (χ1) is 8.09. The van der Waals surface area contributed by atoms with Gasteiger partial charge in [-0.1, -0.05) is 12.1 Å². The SMILES string of the molecule is COc1ccccc1SCCCC(C)(N)C#N. The van der Waals surface area contributed by atoms with Crippen LogP contribution in [0.2, 0.25) is 0 Å². The average Bonchev–Trinajstić information content (AvgIpc) is 2.35. The van der Waals surface area contributed by atoms with E-state index in [0.29, 0.717) is 6.42 Å². The van der Waals surface area contributed by atoms with E-state index in [1.807, 2.05) is 24.3 Å². The van der Waals surface area contributed by atoms with Crippen LogP contribution in [-0.2, 0) is 0 Å². The van der Waals surface area contributed by atoms with Crippen molar-refractivity contribution in [3.05, 3.63) is 24.3 Å². The first kappa shape index (κ1) is 13.9. The fraction of sp³-hybridized carbons (Fsp3) is 0.462. The van der Waals surface area contributed by atoms with Crippen LogP contribution in [0.25, 0.3) is 0 Å². The van der Waals surface area contributed by atoms with E-state index in [0.717, 1.165) is 22.8 Å². The quantitative estimate of drug-likeness (QED) is 0.623. The number of para-hydroxylation sites is 1. The minimum atomic E-state index is -0.707. The van der Waals surface area contributed by atoms with Gasteiger partial charge in [-0.15, -0.1) is 11.8 Å². The van der Waals surface area contributed by atoms with Crippen molar-refractivity contribution in [2.75, 3.05) is 12.9 Å². The Morgan fingerprint density at radius 2 is 2.18 bits per heavy atom. The second kappa shape index (κ2) is 6.53. The topological polar surface area (TPSA) is 59.0 Å². The molecule has 92 valence electrons. The normalized spacial score (nSPS) is 13.8. The van der Waals surface area contributed by atoms with E-state index in [9.17, 15) is 0 Å². The first-order valence-corrected chi connectivity index (χ1v) is 6.53. The summed E-state index contributed by atoms with van der Waals surface area (Å²) < 4.78 is 5.27. The summed E-state index contributed by atoms with van der Waals surface area (Å²) in [5, 5.41) is 8.79. The molecule has 0 aromatic heterocycles. The van der Waals surface area contributed by atoms with Crippen LogP contribution in [0.4, 0.5) is 0 Å². The van der Waals surface area contributed by atoms with E-state index in [1.165, 1.54) is 0 Å². The molecule has 1 unspecified atom stereocenters. The van der Waals surface area contributed by atoms with Crippen LogP contribution < -0.4 is 10.5 Å². The van der Waals surface area contributed by atoms with E-state index in [4.69, 9.17) is 15.7 Å². The van der Waals surface area contributed by atoms with Gasteiger partial charge in [0, 0.05) is 4.90 Å². The molecule has 0 saturated heterocycles.